The average molecular weight is 695 g/mol. The molecular formula is C31H39IN2O8. The summed E-state index contributed by atoms with van der Waals surface area (Å²) < 4.78 is 17.9. The van der Waals surface area contributed by atoms with Crippen molar-refractivity contribution in [3.05, 3.63) is 75.4 Å². The number of nitrogens with one attached hydrogen (secondary N) is 1. The lowest BCUT2D eigenvalue weighted by Crippen LogP contribution is -2.55. The topological polar surface area (TPSA) is 138 Å². The van der Waals surface area contributed by atoms with Crippen molar-refractivity contribution in [1.29, 1.82) is 0 Å². The molecule has 2 aromatic rings. The largest absolute Gasteiger partial charge is 0.496 e. The summed E-state index contributed by atoms with van der Waals surface area (Å²) in [5.74, 6) is 0.775. The van der Waals surface area contributed by atoms with E-state index in [2.05, 4.69) is 34.5 Å². The van der Waals surface area contributed by atoms with Gasteiger partial charge >= 0.3 is 0 Å². The molecule has 3 atom stereocenters. The zero-order valence-corrected chi connectivity index (χ0v) is 26.1. The number of amides is 2. The maximum atomic E-state index is 13.6. The standard InChI is InChI=1S/C31H39IN2O8/c1-4-5-10-28(37)34(13-11-21-8-6-7-9-25(21)40-2)24-17-22(31(39)33-12-14-35)18-26(29(24)38)42-30-23(32)15-20(19-36)16-27(30)41-3/h4,6-9,15-16,18,24,26,29,35-36,38H,1,5,10-14,17,19H2,2-3H3,(H,33,39). The van der Waals surface area contributed by atoms with Gasteiger partial charge in [-0.1, -0.05) is 24.3 Å². The van der Waals surface area contributed by atoms with Gasteiger partial charge in [0.15, 0.2) is 11.5 Å². The number of carbonyl (C=O) groups excluding carboxylic acids is 2. The van der Waals surface area contributed by atoms with Crippen molar-refractivity contribution in [1.82, 2.24) is 10.2 Å². The van der Waals surface area contributed by atoms with E-state index < -0.39 is 24.2 Å². The van der Waals surface area contributed by atoms with Crippen molar-refractivity contribution in [2.75, 3.05) is 33.9 Å². The molecule has 0 aliphatic heterocycles. The Bertz CT molecular complexity index is 1270. The van der Waals surface area contributed by atoms with Crippen LogP contribution in [0, 0.1) is 3.57 Å². The van der Waals surface area contributed by atoms with E-state index in [1.165, 1.54) is 7.11 Å². The number of aliphatic hydroxyl groups is 3. The first-order valence-corrected chi connectivity index (χ1v) is 14.8. The third-order valence-corrected chi connectivity index (χ3v) is 7.84. The van der Waals surface area contributed by atoms with Crippen LogP contribution in [0.15, 0.2) is 60.7 Å². The number of para-hydroxylation sites is 1. The van der Waals surface area contributed by atoms with Gasteiger partial charge < -0.3 is 39.7 Å². The van der Waals surface area contributed by atoms with E-state index in [1.807, 2.05) is 24.3 Å². The first-order valence-electron chi connectivity index (χ1n) is 13.7. The number of hydrogen-bond acceptors (Lipinski definition) is 8. The number of benzene rings is 2. The molecule has 228 valence electrons. The molecule has 0 radical (unpaired) electrons. The quantitative estimate of drug-likeness (QED) is 0.165. The van der Waals surface area contributed by atoms with Crippen molar-refractivity contribution < 1.29 is 39.1 Å². The summed E-state index contributed by atoms with van der Waals surface area (Å²) in [4.78, 5) is 28.3. The molecule has 2 aromatic carbocycles. The van der Waals surface area contributed by atoms with Crippen molar-refractivity contribution >= 4 is 34.4 Å². The molecule has 0 bridgehead atoms. The Morgan fingerprint density at radius 2 is 1.90 bits per heavy atom. The fourth-order valence-electron chi connectivity index (χ4n) is 4.89. The van der Waals surface area contributed by atoms with Crippen molar-refractivity contribution in [3.8, 4) is 17.2 Å². The number of rotatable bonds is 15. The maximum absolute atomic E-state index is 13.6. The highest BCUT2D eigenvalue weighted by molar-refractivity contribution is 14.1. The summed E-state index contributed by atoms with van der Waals surface area (Å²) in [6, 6.07) is 10.1. The minimum Gasteiger partial charge on any atom is -0.496 e. The third-order valence-electron chi connectivity index (χ3n) is 7.04. The van der Waals surface area contributed by atoms with Gasteiger partial charge in [0, 0.05) is 31.5 Å². The molecule has 0 spiro atoms. The minimum atomic E-state index is -1.19. The predicted octanol–water partition coefficient (Wildman–Crippen LogP) is 2.75. The van der Waals surface area contributed by atoms with Gasteiger partial charge in [-0.25, -0.2) is 0 Å². The molecule has 1 aliphatic carbocycles. The van der Waals surface area contributed by atoms with E-state index in [-0.39, 0.29) is 45.1 Å². The van der Waals surface area contributed by atoms with Gasteiger partial charge in [0.05, 0.1) is 37.0 Å². The van der Waals surface area contributed by atoms with E-state index in [4.69, 9.17) is 14.2 Å². The zero-order valence-electron chi connectivity index (χ0n) is 23.9. The zero-order chi connectivity index (χ0) is 30.6. The van der Waals surface area contributed by atoms with Gasteiger partial charge in [-0.15, -0.1) is 6.58 Å². The molecule has 42 heavy (non-hydrogen) atoms. The molecule has 11 heteroatoms. The van der Waals surface area contributed by atoms with E-state index in [0.717, 1.165) is 5.56 Å². The van der Waals surface area contributed by atoms with Crippen LogP contribution in [-0.2, 0) is 22.6 Å². The van der Waals surface area contributed by atoms with Gasteiger partial charge in [-0.05, 0) is 70.8 Å². The average Bonchev–Trinajstić information content (AvgIpc) is 3.00. The summed E-state index contributed by atoms with van der Waals surface area (Å²) in [7, 11) is 3.06. The van der Waals surface area contributed by atoms with E-state index in [1.54, 1.807) is 36.3 Å². The fourth-order valence-corrected chi connectivity index (χ4v) is 5.68. The Labute approximate surface area is 260 Å². The Morgan fingerprint density at radius 1 is 1.17 bits per heavy atom. The van der Waals surface area contributed by atoms with Crippen LogP contribution in [0.1, 0.15) is 30.4 Å². The monoisotopic (exact) mass is 694 g/mol. The highest BCUT2D eigenvalue weighted by atomic mass is 127. The minimum absolute atomic E-state index is 0.0546. The van der Waals surface area contributed by atoms with Crippen molar-refractivity contribution in [3.63, 3.8) is 0 Å². The van der Waals surface area contributed by atoms with Crippen LogP contribution in [0.5, 0.6) is 17.2 Å². The second kappa shape index (κ2) is 16.5. The highest BCUT2D eigenvalue weighted by Gasteiger charge is 2.40. The number of allylic oxidation sites excluding steroid dienone is 1. The van der Waals surface area contributed by atoms with Gasteiger partial charge in [0.2, 0.25) is 11.8 Å². The third kappa shape index (κ3) is 8.46. The summed E-state index contributed by atoms with van der Waals surface area (Å²) >= 11 is 2.06. The number of carbonyl (C=O) groups is 2. The van der Waals surface area contributed by atoms with Gasteiger partial charge in [-0.3, -0.25) is 9.59 Å². The van der Waals surface area contributed by atoms with Crippen LogP contribution < -0.4 is 19.5 Å². The molecule has 3 rings (SSSR count). The molecule has 3 unspecified atom stereocenters. The molecular weight excluding hydrogens is 655 g/mol. The van der Waals surface area contributed by atoms with Crippen LogP contribution >= 0.6 is 22.6 Å². The Balaban J connectivity index is 2.01. The second-order valence-corrected chi connectivity index (χ2v) is 10.9. The molecule has 1 aliphatic rings. The van der Waals surface area contributed by atoms with Crippen molar-refractivity contribution in [2.24, 2.45) is 0 Å². The molecule has 0 fully saturated rings. The lowest BCUT2D eigenvalue weighted by Gasteiger charge is -2.41. The number of nitrogens with zero attached hydrogens (tertiary/aromatic N) is 1. The molecule has 4 N–H and O–H groups in total. The first-order chi connectivity index (χ1) is 20.3. The smallest absolute Gasteiger partial charge is 0.247 e. The number of hydrogen-bond donors (Lipinski definition) is 4. The summed E-state index contributed by atoms with van der Waals surface area (Å²) in [5.41, 5.74) is 1.85. The summed E-state index contributed by atoms with van der Waals surface area (Å²) in [5, 5.41) is 33.2. The number of halogens is 1. The number of methoxy groups -OCH3 is 2. The van der Waals surface area contributed by atoms with Crippen LogP contribution in [0.3, 0.4) is 0 Å². The van der Waals surface area contributed by atoms with E-state index in [9.17, 15) is 24.9 Å². The summed E-state index contributed by atoms with van der Waals surface area (Å²) in [6.07, 6.45) is 2.20. The van der Waals surface area contributed by atoms with Crippen LogP contribution in [-0.4, -0.2) is 84.2 Å². The SMILES string of the molecule is C=CCCC(=O)N(CCc1ccccc1OC)C1CC(C(=O)NCCO)=CC(Oc2c(I)cc(CO)cc2OC)C1O. The lowest BCUT2D eigenvalue weighted by molar-refractivity contribution is -0.138. The maximum Gasteiger partial charge on any atom is 0.247 e. The summed E-state index contributed by atoms with van der Waals surface area (Å²) in [6.45, 7) is 3.62. The van der Waals surface area contributed by atoms with Gasteiger partial charge in [0.1, 0.15) is 18.0 Å². The molecule has 10 nitrogen and oxygen atoms in total. The first kappa shape index (κ1) is 33.4. The molecule has 2 amide bonds. The van der Waals surface area contributed by atoms with Gasteiger partial charge in [0.25, 0.3) is 0 Å². The molecule has 0 aromatic heterocycles. The second-order valence-electron chi connectivity index (χ2n) is 9.76. The van der Waals surface area contributed by atoms with Crippen LogP contribution in [0.2, 0.25) is 0 Å². The normalized spacial score (nSPS) is 18.0. The number of ether oxygens (including phenoxy) is 3. The van der Waals surface area contributed by atoms with Crippen LogP contribution in [0.4, 0.5) is 0 Å². The highest BCUT2D eigenvalue weighted by Crippen LogP contribution is 2.37. The van der Waals surface area contributed by atoms with E-state index in [0.29, 0.717) is 44.8 Å². The van der Waals surface area contributed by atoms with Gasteiger partial charge in [-0.2, -0.15) is 0 Å². The van der Waals surface area contributed by atoms with Crippen LogP contribution in [0.25, 0.3) is 0 Å². The fraction of sp³-hybridized carbons (Fsp3) is 0.419. The van der Waals surface area contributed by atoms with Crippen molar-refractivity contribution in [2.45, 2.75) is 50.5 Å². The molecule has 0 saturated carbocycles. The Kier molecular flexibility index (Phi) is 13.1. The van der Waals surface area contributed by atoms with E-state index >= 15 is 0 Å². The number of aliphatic hydroxyl groups excluding tert-OH is 3. The Hall–Kier alpha value is -3.13. The lowest BCUT2D eigenvalue weighted by atomic mass is 9.87. The molecule has 0 heterocycles. The molecule has 0 saturated heterocycles. The Morgan fingerprint density at radius 3 is 2.57 bits per heavy atom. The predicted molar refractivity (Wildman–Crippen MR) is 166 cm³/mol.